The molecule has 0 bridgehead atoms. The first-order chi connectivity index (χ1) is 15.9. The Balaban J connectivity index is 1.37. The highest BCUT2D eigenvalue weighted by Crippen LogP contribution is 2.22. The molecule has 0 saturated heterocycles. The van der Waals surface area contributed by atoms with E-state index in [1.807, 2.05) is 24.3 Å². The number of H-pyrrole nitrogens is 1. The SMILES string of the molecule is CC(=O)Nc1ccc2[nH]c(C(=O)CCc3ccc(C(=O)Nc4ccccc4N)cc3)cc2c1. The summed E-state index contributed by atoms with van der Waals surface area (Å²) in [5, 5.41) is 6.40. The largest absolute Gasteiger partial charge is 0.397 e. The number of anilines is 3. The van der Waals surface area contributed by atoms with E-state index >= 15 is 0 Å². The van der Waals surface area contributed by atoms with Gasteiger partial charge in [-0.15, -0.1) is 0 Å². The number of hydrogen-bond donors (Lipinski definition) is 4. The van der Waals surface area contributed by atoms with Crippen molar-refractivity contribution in [1.82, 2.24) is 4.98 Å². The fourth-order valence-corrected chi connectivity index (χ4v) is 3.58. The summed E-state index contributed by atoms with van der Waals surface area (Å²) in [4.78, 5) is 39.5. The zero-order valence-electron chi connectivity index (χ0n) is 18.1. The standard InChI is InChI=1S/C26H24N4O3/c1-16(31)28-20-11-12-22-19(14-20)15-24(29-22)25(32)13-8-17-6-9-18(10-7-17)26(33)30-23-5-3-2-4-21(23)27/h2-7,9-12,14-15,29H,8,13,27H2,1H3,(H,28,31)(H,30,33). The van der Waals surface area contributed by atoms with Gasteiger partial charge in [0.05, 0.1) is 17.1 Å². The van der Waals surface area contributed by atoms with Gasteiger partial charge in [-0.25, -0.2) is 0 Å². The van der Waals surface area contributed by atoms with Crippen molar-refractivity contribution in [2.45, 2.75) is 19.8 Å². The van der Waals surface area contributed by atoms with Gasteiger partial charge in [0.1, 0.15) is 0 Å². The number of fused-ring (bicyclic) bond motifs is 1. The third-order valence-electron chi connectivity index (χ3n) is 5.31. The van der Waals surface area contributed by atoms with E-state index in [4.69, 9.17) is 5.73 Å². The van der Waals surface area contributed by atoms with Gasteiger partial charge >= 0.3 is 0 Å². The summed E-state index contributed by atoms with van der Waals surface area (Å²) < 4.78 is 0. The van der Waals surface area contributed by atoms with Crippen molar-refractivity contribution in [3.63, 3.8) is 0 Å². The molecule has 3 aromatic carbocycles. The number of nitrogens with one attached hydrogen (secondary N) is 3. The van der Waals surface area contributed by atoms with Gasteiger partial charge in [-0.05, 0) is 60.5 Å². The second-order valence-electron chi connectivity index (χ2n) is 7.83. The molecule has 0 atom stereocenters. The number of benzene rings is 3. The molecule has 7 nitrogen and oxygen atoms in total. The molecule has 0 aliphatic carbocycles. The van der Waals surface area contributed by atoms with E-state index in [-0.39, 0.29) is 17.6 Å². The van der Waals surface area contributed by atoms with Crippen LogP contribution in [0.4, 0.5) is 17.1 Å². The van der Waals surface area contributed by atoms with Crippen molar-refractivity contribution >= 4 is 45.6 Å². The van der Waals surface area contributed by atoms with Crippen LogP contribution in [0.1, 0.15) is 39.8 Å². The third kappa shape index (κ3) is 5.27. The van der Waals surface area contributed by atoms with Crippen LogP contribution in [0.2, 0.25) is 0 Å². The van der Waals surface area contributed by atoms with Crippen LogP contribution in [-0.2, 0) is 11.2 Å². The number of aromatic nitrogens is 1. The van der Waals surface area contributed by atoms with Crippen LogP contribution in [0.5, 0.6) is 0 Å². The maximum atomic E-state index is 12.7. The molecule has 0 aliphatic heterocycles. The lowest BCUT2D eigenvalue weighted by molar-refractivity contribution is -0.114. The predicted octanol–water partition coefficient (Wildman–Crippen LogP) is 4.78. The summed E-state index contributed by atoms with van der Waals surface area (Å²) >= 11 is 0. The molecule has 4 rings (SSSR count). The topological polar surface area (TPSA) is 117 Å². The molecular weight excluding hydrogens is 416 g/mol. The fourth-order valence-electron chi connectivity index (χ4n) is 3.58. The van der Waals surface area contributed by atoms with E-state index in [9.17, 15) is 14.4 Å². The van der Waals surface area contributed by atoms with Crippen LogP contribution in [0, 0.1) is 0 Å². The average molecular weight is 441 g/mol. The van der Waals surface area contributed by atoms with Gasteiger partial charge in [0.2, 0.25) is 5.91 Å². The number of para-hydroxylation sites is 2. The van der Waals surface area contributed by atoms with Crippen LogP contribution in [-0.4, -0.2) is 22.6 Å². The Labute approximate surface area is 191 Å². The number of amides is 2. The lowest BCUT2D eigenvalue weighted by Gasteiger charge is -2.08. The molecule has 1 heterocycles. The van der Waals surface area contributed by atoms with E-state index in [2.05, 4.69) is 15.6 Å². The number of nitrogen functional groups attached to an aromatic ring is 1. The number of hydrogen-bond acceptors (Lipinski definition) is 4. The highest BCUT2D eigenvalue weighted by Gasteiger charge is 2.12. The minimum atomic E-state index is -0.243. The number of rotatable bonds is 7. The molecule has 0 aliphatic rings. The Morgan fingerprint density at radius 3 is 2.39 bits per heavy atom. The third-order valence-corrected chi connectivity index (χ3v) is 5.31. The average Bonchev–Trinajstić information content (AvgIpc) is 3.22. The molecule has 5 N–H and O–H groups in total. The highest BCUT2D eigenvalue weighted by atomic mass is 16.2. The predicted molar refractivity (Wildman–Crippen MR) is 131 cm³/mol. The van der Waals surface area contributed by atoms with Crippen molar-refractivity contribution in [2.24, 2.45) is 0 Å². The molecule has 0 spiro atoms. The molecule has 33 heavy (non-hydrogen) atoms. The van der Waals surface area contributed by atoms with Crippen LogP contribution < -0.4 is 16.4 Å². The Kier molecular flexibility index (Phi) is 6.22. The molecule has 0 unspecified atom stereocenters. The van der Waals surface area contributed by atoms with Gasteiger partial charge in [0.15, 0.2) is 5.78 Å². The van der Waals surface area contributed by atoms with Gasteiger partial charge in [-0.3, -0.25) is 14.4 Å². The molecule has 0 radical (unpaired) electrons. The highest BCUT2D eigenvalue weighted by molar-refractivity contribution is 6.05. The number of Topliss-reactive ketones (excluding diaryl/α,β-unsaturated/α-hetero) is 1. The first-order valence-electron chi connectivity index (χ1n) is 10.6. The molecular formula is C26H24N4O3. The number of aryl methyl sites for hydroxylation is 1. The minimum absolute atomic E-state index is 0.00588. The summed E-state index contributed by atoms with van der Waals surface area (Å²) in [6, 6.07) is 21.5. The first kappa shape index (κ1) is 21.8. The molecule has 4 aromatic rings. The van der Waals surface area contributed by atoms with Crippen molar-refractivity contribution < 1.29 is 14.4 Å². The molecule has 0 saturated carbocycles. The lowest BCUT2D eigenvalue weighted by atomic mass is 10.0. The van der Waals surface area contributed by atoms with Crippen molar-refractivity contribution in [1.29, 1.82) is 0 Å². The molecule has 166 valence electrons. The van der Waals surface area contributed by atoms with E-state index < -0.39 is 0 Å². The second-order valence-corrected chi connectivity index (χ2v) is 7.83. The zero-order chi connectivity index (χ0) is 23.4. The summed E-state index contributed by atoms with van der Waals surface area (Å²) in [7, 11) is 0. The lowest BCUT2D eigenvalue weighted by Crippen LogP contribution is -2.13. The van der Waals surface area contributed by atoms with E-state index in [1.54, 1.807) is 48.5 Å². The molecule has 2 amide bonds. The number of carbonyl (C=O) groups is 3. The molecule has 7 heteroatoms. The Morgan fingerprint density at radius 1 is 0.909 bits per heavy atom. The van der Waals surface area contributed by atoms with Gasteiger partial charge in [-0.2, -0.15) is 0 Å². The van der Waals surface area contributed by atoms with Crippen LogP contribution in [0.3, 0.4) is 0 Å². The quantitative estimate of drug-likeness (QED) is 0.244. The maximum Gasteiger partial charge on any atom is 0.255 e. The Bertz CT molecular complexity index is 1340. The van der Waals surface area contributed by atoms with Gasteiger partial charge < -0.3 is 21.4 Å². The first-order valence-corrected chi connectivity index (χ1v) is 10.6. The Hall–Kier alpha value is -4.39. The maximum absolute atomic E-state index is 12.7. The number of aromatic amines is 1. The van der Waals surface area contributed by atoms with E-state index in [0.29, 0.717) is 41.2 Å². The summed E-state index contributed by atoms with van der Waals surface area (Å²) in [6.07, 6.45) is 0.885. The summed E-state index contributed by atoms with van der Waals surface area (Å²) in [5.41, 5.74) is 10.5. The van der Waals surface area contributed by atoms with Crippen LogP contribution in [0.25, 0.3) is 10.9 Å². The summed E-state index contributed by atoms with van der Waals surface area (Å²) in [6.45, 7) is 1.45. The Morgan fingerprint density at radius 2 is 1.67 bits per heavy atom. The van der Waals surface area contributed by atoms with E-state index in [1.165, 1.54) is 6.92 Å². The molecule has 0 fully saturated rings. The monoisotopic (exact) mass is 440 g/mol. The summed E-state index contributed by atoms with van der Waals surface area (Å²) in [5.74, 6) is -0.394. The van der Waals surface area contributed by atoms with Crippen molar-refractivity contribution in [2.75, 3.05) is 16.4 Å². The van der Waals surface area contributed by atoms with E-state index in [0.717, 1.165) is 16.5 Å². The number of carbonyl (C=O) groups excluding carboxylic acids is 3. The zero-order valence-corrected chi connectivity index (χ0v) is 18.1. The van der Waals surface area contributed by atoms with Crippen molar-refractivity contribution in [3.8, 4) is 0 Å². The van der Waals surface area contributed by atoms with Crippen LogP contribution >= 0.6 is 0 Å². The minimum Gasteiger partial charge on any atom is -0.397 e. The second kappa shape index (κ2) is 9.40. The van der Waals surface area contributed by atoms with Crippen LogP contribution in [0.15, 0.2) is 72.8 Å². The van der Waals surface area contributed by atoms with Gasteiger partial charge in [-0.1, -0.05) is 24.3 Å². The fraction of sp³-hybridized carbons (Fsp3) is 0.115. The van der Waals surface area contributed by atoms with Gasteiger partial charge in [0.25, 0.3) is 5.91 Å². The molecule has 1 aromatic heterocycles. The normalized spacial score (nSPS) is 10.7. The van der Waals surface area contributed by atoms with Crippen molar-refractivity contribution in [3.05, 3.63) is 89.6 Å². The van der Waals surface area contributed by atoms with Gasteiger partial charge in [0, 0.05) is 35.5 Å². The smallest absolute Gasteiger partial charge is 0.255 e. The number of nitrogens with two attached hydrogens (primary N) is 1. The number of ketones is 1.